The zero-order valence-corrected chi connectivity index (χ0v) is 18.6. The number of carbonyl (C=O) groups excluding carboxylic acids is 1. The average Bonchev–Trinajstić information content (AvgIpc) is 2.78. The van der Waals surface area contributed by atoms with Crippen LogP contribution in [-0.4, -0.2) is 49.6 Å². The van der Waals surface area contributed by atoms with E-state index in [1.807, 2.05) is 6.92 Å². The summed E-state index contributed by atoms with van der Waals surface area (Å²) < 4.78 is 13.1. The Bertz CT molecular complexity index is 664. The molecule has 8 heteroatoms. The average molecular weight is 438 g/mol. The maximum absolute atomic E-state index is 13.1. The lowest BCUT2D eigenvalue weighted by molar-refractivity contribution is 0.184. The van der Waals surface area contributed by atoms with Crippen LogP contribution in [0.25, 0.3) is 0 Å². The molecule has 166 valence electrons. The Balaban J connectivity index is 0.00000407. The summed E-state index contributed by atoms with van der Waals surface area (Å²) in [5.41, 5.74) is 2.15. The highest BCUT2D eigenvalue weighted by Gasteiger charge is 2.20. The summed E-state index contributed by atoms with van der Waals surface area (Å²) in [5.74, 6) is 0.0464. The standard InChI is InChI=1S/C20H29ClFN5O.C2H4/c1-3-19(22)5-4-10-25-20(28)27(16-18-7-12-23-13-8-18)26-15-17(2)6-11-24-14-9-21;1-2/h3-6,9,11,14-15,18,23H,7-8,10,12-13,16H2,1-2H3,(H,25,28);1-2H2/b5-4-,14-9+,17-6+,19-3+,24-11+,26-15+;. The fourth-order valence-corrected chi connectivity index (χ4v) is 2.51. The monoisotopic (exact) mass is 437 g/mol. The van der Waals surface area contributed by atoms with Crippen LogP contribution in [0.5, 0.6) is 0 Å². The van der Waals surface area contributed by atoms with Gasteiger partial charge < -0.3 is 10.6 Å². The third-order valence-electron chi connectivity index (χ3n) is 4.01. The van der Waals surface area contributed by atoms with Crippen LogP contribution >= 0.6 is 11.6 Å². The minimum atomic E-state index is -0.342. The number of allylic oxidation sites excluding steroid dienone is 5. The molecular weight excluding hydrogens is 405 g/mol. The molecule has 0 aliphatic carbocycles. The van der Waals surface area contributed by atoms with Crippen molar-refractivity contribution in [3.8, 4) is 0 Å². The summed E-state index contributed by atoms with van der Waals surface area (Å²) in [6.45, 7) is 12.1. The second kappa shape index (κ2) is 18.5. The summed E-state index contributed by atoms with van der Waals surface area (Å²) in [7, 11) is 0. The minimum absolute atomic E-state index is 0.227. The van der Waals surface area contributed by atoms with E-state index in [9.17, 15) is 9.18 Å². The molecule has 1 aliphatic rings. The maximum atomic E-state index is 13.1. The van der Waals surface area contributed by atoms with Crippen molar-refractivity contribution in [1.82, 2.24) is 15.6 Å². The van der Waals surface area contributed by atoms with Crippen LogP contribution < -0.4 is 10.6 Å². The number of piperidine rings is 1. The number of carbonyl (C=O) groups is 1. The van der Waals surface area contributed by atoms with Crippen LogP contribution in [-0.2, 0) is 0 Å². The first-order valence-corrected chi connectivity index (χ1v) is 10.2. The van der Waals surface area contributed by atoms with Gasteiger partial charge in [-0.1, -0.05) is 23.8 Å². The van der Waals surface area contributed by atoms with Gasteiger partial charge >= 0.3 is 6.03 Å². The van der Waals surface area contributed by atoms with Crippen LogP contribution in [0.3, 0.4) is 0 Å². The summed E-state index contributed by atoms with van der Waals surface area (Å²) in [6.07, 6.45) is 12.7. The van der Waals surface area contributed by atoms with E-state index < -0.39 is 0 Å². The first kappa shape index (κ1) is 27.5. The zero-order chi connectivity index (χ0) is 22.6. The molecule has 1 aliphatic heterocycles. The minimum Gasteiger partial charge on any atom is -0.333 e. The molecule has 30 heavy (non-hydrogen) atoms. The van der Waals surface area contributed by atoms with Crippen LogP contribution in [0.4, 0.5) is 9.18 Å². The molecule has 6 nitrogen and oxygen atoms in total. The molecule has 1 saturated heterocycles. The fourth-order valence-electron chi connectivity index (χ4n) is 2.44. The Labute approximate surface area is 184 Å². The summed E-state index contributed by atoms with van der Waals surface area (Å²) in [6, 6.07) is -0.313. The van der Waals surface area contributed by atoms with Crippen LogP contribution in [0.1, 0.15) is 26.7 Å². The Hall–Kier alpha value is -2.51. The van der Waals surface area contributed by atoms with E-state index in [4.69, 9.17) is 11.6 Å². The molecule has 2 amide bonds. The van der Waals surface area contributed by atoms with Crippen molar-refractivity contribution in [2.24, 2.45) is 16.0 Å². The van der Waals surface area contributed by atoms with E-state index in [2.05, 4.69) is 33.9 Å². The summed E-state index contributed by atoms with van der Waals surface area (Å²) in [4.78, 5) is 16.5. The van der Waals surface area contributed by atoms with Crippen molar-refractivity contribution < 1.29 is 9.18 Å². The van der Waals surface area contributed by atoms with E-state index in [0.29, 0.717) is 12.5 Å². The van der Waals surface area contributed by atoms with Crippen LogP contribution in [0.2, 0.25) is 0 Å². The van der Waals surface area contributed by atoms with Crippen LogP contribution in [0, 0.1) is 5.92 Å². The normalized spacial score (nSPS) is 16.4. The quantitative estimate of drug-likeness (QED) is 0.232. The number of hydrogen-bond acceptors (Lipinski definition) is 4. The lowest BCUT2D eigenvalue weighted by atomic mass is 9.98. The van der Waals surface area contributed by atoms with Crippen molar-refractivity contribution in [3.63, 3.8) is 0 Å². The summed E-state index contributed by atoms with van der Waals surface area (Å²) >= 11 is 5.40. The molecular formula is C22H33ClFN5O. The van der Waals surface area contributed by atoms with Gasteiger partial charge in [-0.3, -0.25) is 4.99 Å². The molecule has 0 aromatic rings. The molecule has 0 bridgehead atoms. The summed E-state index contributed by atoms with van der Waals surface area (Å²) in [5, 5.41) is 11.8. The number of nitrogens with one attached hydrogen (secondary N) is 2. The second-order valence-corrected chi connectivity index (χ2v) is 6.52. The predicted octanol–water partition coefficient (Wildman–Crippen LogP) is 4.94. The number of nitrogens with zero attached hydrogens (tertiary/aromatic N) is 3. The largest absolute Gasteiger partial charge is 0.338 e. The highest BCUT2D eigenvalue weighted by atomic mass is 35.5. The molecule has 0 aromatic carbocycles. The first-order valence-electron chi connectivity index (χ1n) is 9.80. The molecule has 1 fully saturated rings. The molecule has 0 spiro atoms. The maximum Gasteiger partial charge on any atom is 0.338 e. The van der Waals surface area contributed by atoms with E-state index in [-0.39, 0.29) is 18.4 Å². The SMILES string of the molecule is C/C=C(F)\C=C/CNC(=O)N(CC1CCNCC1)/N=C/C(C)=C/C=N/C=C/Cl.C=C. The lowest BCUT2D eigenvalue weighted by Crippen LogP contribution is -2.41. The number of hydrazone groups is 1. The van der Waals surface area contributed by atoms with Crippen molar-refractivity contribution in [1.29, 1.82) is 0 Å². The third kappa shape index (κ3) is 13.6. The number of urea groups is 1. The van der Waals surface area contributed by atoms with Gasteiger partial charge in [0.25, 0.3) is 0 Å². The number of rotatable bonds is 9. The molecule has 0 radical (unpaired) electrons. The second-order valence-electron chi connectivity index (χ2n) is 6.27. The zero-order valence-electron chi connectivity index (χ0n) is 17.9. The molecule has 1 heterocycles. The van der Waals surface area contributed by atoms with Gasteiger partial charge in [-0.25, -0.2) is 14.2 Å². The Kier molecular flexibility index (Phi) is 17.0. The topological polar surface area (TPSA) is 69.1 Å². The molecule has 0 unspecified atom stereocenters. The smallest absolute Gasteiger partial charge is 0.333 e. The number of halogens is 2. The predicted molar refractivity (Wildman–Crippen MR) is 127 cm³/mol. The Morgan fingerprint density at radius 2 is 2.07 bits per heavy atom. The van der Waals surface area contributed by atoms with Crippen molar-refractivity contribution in [2.45, 2.75) is 26.7 Å². The molecule has 0 saturated carbocycles. The number of aliphatic imine (C=N–C) groups is 1. The van der Waals surface area contributed by atoms with Crippen molar-refractivity contribution in [3.05, 3.63) is 60.6 Å². The highest BCUT2D eigenvalue weighted by molar-refractivity contribution is 6.25. The van der Waals surface area contributed by atoms with Crippen molar-refractivity contribution in [2.75, 3.05) is 26.2 Å². The van der Waals surface area contributed by atoms with Gasteiger partial charge in [0.05, 0.1) is 6.21 Å². The lowest BCUT2D eigenvalue weighted by Gasteiger charge is -2.27. The van der Waals surface area contributed by atoms with E-state index in [0.717, 1.165) is 31.5 Å². The van der Waals surface area contributed by atoms with Gasteiger partial charge in [0.2, 0.25) is 0 Å². The fraction of sp³-hybridized carbons (Fsp3) is 0.409. The van der Waals surface area contributed by atoms with Gasteiger partial charge in [0.15, 0.2) is 0 Å². The van der Waals surface area contributed by atoms with E-state index in [1.54, 1.807) is 31.5 Å². The Morgan fingerprint density at radius 3 is 2.70 bits per heavy atom. The van der Waals surface area contributed by atoms with Gasteiger partial charge in [-0.2, -0.15) is 5.10 Å². The van der Waals surface area contributed by atoms with Gasteiger partial charge in [-0.15, -0.1) is 13.2 Å². The molecule has 2 N–H and O–H groups in total. The highest BCUT2D eigenvalue weighted by Crippen LogP contribution is 2.14. The van der Waals surface area contributed by atoms with E-state index in [1.165, 1.54) is 28.9 Å². The number of amides is 2. The molecule has 0 aromatic heterocycles. The molecule has 0 atom stereocenters. The van der Waals surface area contributed by atoms with E-state index >= 15 is 0 Å². The first-order chi connectivity index (χ1) is 14.6. The third-order valence-corrected chi connectivity index (χ3v) is 4.13. The van der Waals surface area contributed by atoms with Gasteiger partial charge in [0, 0.05) is 31.0 Å². The Morgan fingerprint density at radius 1 is 1.37 bits per heavy atom. The molecule has 1 rings (SSSR count). The number of hydrogen-bond donors (Lipinski definition) is 2. The van der Waals surface area contributed by atoms with Gasteiger partial charge in [0.1, 0.15) is 5.83 Å². The van der Waals surface area contributed by atoms with Gasteiger partial charge in [-0.05, 0) is 63.4 Å². The van der Waals surface area contributed by atoms with Crippen LogP contribution in [0.15, 0.2) is 70.7 Å². The van der Waals surface area contributed by atoms with Crippen molar-refractivity contribution >= 4 is 30.1 Å².